The third kappa shape index (κ3) is 5.37. The van der Waals surface area contributed by atoms with E-state index in [1.54, 1.807) is 7.11 Å². The van der Waals surface area contributed by atoms with Gasteiger partial charge in [-0.1, -0.05) is 0 Å². The van der Waals surface area contributed by atoms with Crippen molar-refractivity contribution in [2.24, 2.45) is 0 Å². The molecule has 1 aromatic rings. The van der Waals surface area contributed by atoms with Gasteiger partial charge in [-0.15, -0.1) is 0 Å². The Labute approximate surface area is 139 Å². The number of ether oxygens (including phenoxy) is 2. The highest BCUT2D eigenvalue weighted by molar-refractivity contribution is 5.49. The fraction of sp³-hybridized carbons (Fsp3) is 0.667. The van der Waals surface area contributed by atoms with Gasteiger partial charge in [0.05, 0.1) is 6.61 Å². The minimum absolute atomic E-state index is 0.601. The molecule has 3 rings (SSSR count). The van der Waals surface area contributed by atoms with Crippen molar-refractivity contribution >= 4 is 5.69 Å². The summed E-state index contributed by atoms with van der Waals surface area (Å²) in [5, 5.41) is 3.60. The molecule has 128 valence electrons. The smallest absolute Gasteiger partial charge is 0.119 e. The van der Waals surface area contributed by atoms with Gasteiger partial charge in [0.25, 0.3) is 0 Å². The van der Waals surface area contributed by atoms with Crippen molar-refractivity contribution in [1.29, 1.82) is 0 Å². The predicted octanol–water partition coefficient (Wildman–Crippen LogP) is 1.59. The Balaban J connectivity index is 1.38. The summed E-state index contributed by atoms with van der Waals surface area (Å²) in [6.45, 7) is 8.05. The van der Waals surface area contributed by atoms with E-state index in [1.165, 1.54) is 25.1 Å². The second kappa shape index (κ2) is 8.52. The Morgan fingerprint density at radius 1 is 1.04 bits per heavy atom. The number of hydrogen-bond acceptors (Lipinski definition) is 5. The van der Waals surface area contributed by atoms with Crippen molar-refractivity contribution in [2.45, 2.75) is 18.9 Å². The summed E-state index contributed by atoms with van der Waals surface area (Å²) in [6, 6.07) is 9.24. The maximum absolute atomic E-state index is 5.62. The van der Waals surface area contributed by atoms with E-state index in [9.17, 15) is 0 Å². The number of nitrogens with zero attached hydrogens (tertiary/aromatic N) is 2. The molecule has 0 radical (unpaired) electrons. The molecule has 1 heterocycles. The van der Waals surface area contributed by atoms with Crippen LogP contribution < -0.4 is 15.0 Å². The van der Waals surface area contributed by atoms with E-state index >= 15 is 0 Å². The summed E-state index contributed by atoms with van der Waals surface area (Å²) in [5.74, 6) is 0.913. The molecule has 5 nitrogen and oxygen atoms in total. The molecule has 2 aliphatic rings. The zero-order chi connectivity index (χ0) is 15.9. The molecule has 1 saturated heterocycles. The number of rotatable bonds is 9. The second-order valence-corrected chi connectivity index (χ2v) is 6.39. The summed E-state index contributed by atoms with van der Waals surface area (Å²) in [7, 11) is 1.69. The van der Waals surface area contributed by atoms with E-state index < -0.39 is 0 Å². The molecule has 1 N–H and O–H groups in total. The van der Waals surface area contributed by atoms with Crippen molar-refractivity contribution in [3.05, 3.63) is 24.3 Å². The van der Waals surface area contributed by atoms with Gasteiger partial charge >= 0.3 is 0 Å². The number of benzene rings is 1. The van der Waals surface area contributed by atoms with Crippen LogP contribution in [0.3, 0.4) is 0 Å². The van der Waals surface area contributed by atoms with Gasteiger partial charge in [0.1, 0.15) is 12.4 Å². The Morgan fingerprint density at radius 2 is 1.78 bits per heavy atom. The van der Waals surface area contributed by atoms with Crippen LogP contribution in [0.2, 0.25) is 0 Å². The molecule has 5 heteroatoms. The fourth-order valence-corrected chi connectivity index (χ4v) is 2.94. The molecule has 0 atom stereocenters. The Morgan fingerprint density at radius 3 is 2.43 bits per heavy atom. The second-order valence-electron chi connectivity index (χ2n) is 6.39. The maximum atomic E-state index is 5.62. The van der Waals surface area contributed by atoms with Crippen LogP contribution in [-0.2, 0) is 4.74 Å². The molecule has 0 unspecified atom stereocenters. The van der Waals surface area contributed by atoms with Crippen molar-refractivity contribution in [3.8, 4) is 5.75 Å². The first-order chi connectivity index (χ1) is 11.3. The van der Waals surface area contributed by atoms with E-state index in [0.29, 0.717) is 13.2 Å². The standard InChI is InChI=1S/C18H29N3O2/c1-22-14-15-23-18-6-4-17(5-7-18)21-12-10-20(11-13-21)9-8-19-16-2-3-16/h4-7,16,19H,2-3,8-15H2,1H3. The molecule has 1 aliphatic carbocycles. The highest BCUT2D eigenvalue weighted by Crippen LogP contribution is 2.21. The van der Waals surface area contributed by atoms with Gasteiger partial charge in [-0.05, 0) is 37.1 Å². The normalized spacial score (nSPS) is 19.1. The van der Waals surface area contributed by atoms with Crippen molar-refractivity contribution < 1.29 is 9.47 Å². The summed E-state index contributed by atoms with van der Waals surface area (Å²) in [5.41, 5.74) is 1.29. The monoisotopic (exact) mass is 319 g/mol. The molecule has 0 bridgehead atoms. The van der Waals surface area contributed by atoms with E-state index in [0.717, 1.165) is 44.5 Å². The number of methoxy groups -OCH3 is 1. The minimum atomic E-state index is 0.601. The Hall–Kier alpha value is -1.30. The van der Waals surface area contributed by atoms with Crippen molar-refractivity contribution in [3.63, 3.8) is 0 Å². The minimum Gasteiger partial charge on any atom is -0.491 e. The van der Waals surface area contributed by atoms with Crippen molar-refractivity contribution in [1.82, 2.24) is 10.2 Å². The zero-order valence-electron chi connectivity index (χ0n) is 14.2. The van der Waals surface area contributed by atoms with Crippen LogP contribution in [0.4, 0.5) is 5.69 Å². The molecule has 1 aliphatic heterocycles. The van der Waals surface area contributed by atoms with Crippen LogP contribution in [0.5, 0.6) is 5.75 Å². The average Bonchev–Trinajstić information content (AvgIpc) is 3.41. The molecule has 1 saturated carbocycles. The lowest BCUT2D eigenvalue weighted by atomic mass is 10.2. The van der Waals surface area contributed by atoms with Gasteiger partial charge in [-0.25, -0.2) is 0 Å². The van der Waals surface area contributed by atoms with Crippen LogP contribution in [0.15, 0.2) is 24.3 Å². The number of piperazine rings is 1. The molecular weight excluding hydrogens is 290 g/mol. The summed E-state index contributed by atoms with van der Waals surface area (Å²) in [6.07, 6.45) is 2.75. The van der Waals surface area contributed by atoms with Crippen LogP contribution in [0.1, 0.15) is 12.8 Å². The lowest BCUT2D eigenvalue weighted by Gasteiger charge is -2.36. The summed E-state index contributed by atoms with van der Waals surface area (Å²) < 4.78 is 10.6. The summed E-state index contributed by atoms with van der Waals surface area (Å²) >= 11 is 0. The first kappa shape index (κ1) is 16.6. The SMILES string of the molecule is COCCOc1ccc(N2CCN(CCNC3CC3)CC2)cc1. The van der Waals surface area contributed by atoms with E-state index in [4.69, 9.17) is 9.47 Å². The van der Waals surface area contributed by atoms with Crippen LogP contribution in [0.25, 0.3) is 0 Å². The fourth-order valence-electron chi connectivity index (χ4n) is 2.94. The third-order valence-electron chi connectivity index (χ3n) is 4.57. The maximum Gasteiger partial charge on any atom is 0.119 e. The topological polar surface area (TPSA) is 37.0 Å². The highest BCUT2D eigenvalue weighted by atomic mass is 16.5. The third-order valence-corrected chi connectivity index (χ3v) is 4.57. The molecule has 1 aromatic carbocycles. The average molecular weight is 319 g/mol. The zero-order valence-corrected chi connectivity index (χ0v) is 14.2. The number of nitrogens with one attached hydrogen (secondary N) is 1. The van der Waals surface area contributed by atoms with Gasteiger partial charge in [0.2, 0.25) is 0 Å². The number of anilines is 1. The Bertz CT molecular complexity index is 454. The highest BCUT2D eigenvalue weighted by Gasteiger charge is 2.21. The molecule has 0 amide bonds. The predicted molar refractivity (Wildman–Crippen MR) is 93.5 cm³/mol. The quantitative estimate of drug-likeness (QED) is 0.700. The van der Waals surface area contributed by atoms with Gasteiger partial charge in [-0.3, -0.25) is 4.90 Å². The van der Waals surface area contributed by atoms with Crippen LogP contribution in [-0.4, -0.2) is 70.5 Å². The van der Waals surface area contributed by atoms with E-state index in [1.807, 2.05) is 0 Å². The van der Waals surface area contributed by atoms with Gasteiger partial charge < -0.3 is 19.7 Å². The Kier molecular flexibility index (Phi) is 6.13. The number of hydrogen-bond donors (Lipinski definition) is 1. The molecule has 0 aromatic heterocycles. The van der Waals surface area contributed by atoms with Crippen LogP contribution >= 0.6 is 0 Å². The first-order valence-corrected chi connectivity index (χ1v) is 8.77. The largest absolute Gasteiger partial charge is 0.491 e. The lowest BCUT2D eigenvalue weighted by Crippen LogP contribution is -2.48. The van der Waals surface area contributed by atoms with Gasteiger partial charge in [0.15, 0.2) is 0 Å². The first-order valence-electron chi connectivity index (χ1n) is 8.77. The molecule has 2 fully saturated rings. The van der Waals surface area contributed by atoms with E-state index in [2.05, 4.69) is 39.4 Å². The molecule has 0 spiro atoms. The van der Waals surface area contributed by atoms with Crippen LogP contribution in [0, 0.1) is 0 Å². The van der Waals surface area contributed by atoms with Gasteiger partial charge in [-0.2, -0.15) is 0 Å². The summed E-state index contributed by atoms with van der Waals surface area (Å²) in [4.78, 5) is 5.03. The van der Waals surface area contributed by atoms with Gasteiger partial charge in [0, 0.05) is 58.1 Å². The molecule has 23 heavy (non-hydrogen) atoms. The molecular formula is C18H29N3O2. The lowest BCUT2D eigenvalue weighted by molar-refractivity contribution is 0.146. The van der Waals surface area contributed by atoms with Crippen molar-refractivity contribution in [2.75, 3.05) is 64.5 Å². The van der Waals surface area contributed by atoms with E-state index in [-0.39, 0.29) is 0 Å².